The van der Waals surface area contributed by atoms with Gasteiger partial charge in [-0.05, 0) is 30.7 Å². The van der Waals surface area contributed by atoms with E-state index in [4.69, 9.17) is 0 Å². The van der Waals surface area contributed by atoms with Crippen LogP contribution in [0, 0.1) is 18.8 Å². The number of rotatable bonds is 2. The summed E-state index contributed by atoms with van der Waals surface area (Å²) in [5, 5.41) is 0. The second-order valence-corrected chi connectivity index (χ2v) is 5.87. The molecule has 0 N–H and O–H groups in total. The minimum atomic E-state index is 0.551. The Kier molecular flexibility index (Phi) is 3.50. The van der Waals surface area contributed by atoms with Gasteiger partial charge in [0.1, 0.15) is 0 Å². The first-order chi connectivity index (χ1) is 7.18. The molecule has 0 aliphatic heterocycles. The predicted molar refractivity (Wildman–Crippen MR) is 69.4 cm³/mol. The standard InChI is InChI=1S/C14H19Br/c1-10-6-8-12(9-7-10)14(15)13-5-3-4-11(13)2/h6-9,11,13-14H,3-5H2,1-2H3. The molecule has 1 fully saturated rings. The van der Waals surface area contributed by atoms with Crippen molar-refractivity contribution in [2.24, 2.45) is 11.8 Å². The Labute approximate surface area is 101 Å². The maximum Gasteiger partial charge on any atom is 0.0426 e. The van der Waals surface area contributed by atoms with Gasteiger partial charge in [-0.2, -0.15) is 0 Å². The highest BCUT2D eigenvalue weighted by Crippen LogP contribution is 2.44. The van der Waals surface area contributed by atoms with Gasteiger partial charge in [-0.1, -0.05) is 65.5 Å². The van der Waals surface area contributed by atoms with Crippen LogP contribution >= 0.6 is 15.9 Å². The summed E-state index contributed by atoms with van der Waals surface area (Å²) >= 11 is 3.88. The summed E-state index contributed by atoms with van der Waals surface area (Å²) in [6.45, 7) is 4.53. The van der Waals surface area contributed by atoms with Crippen LogP contribution in [0.1, 0.15) is 42.1 Å². The first-order valence-corrected chi connectivity index (χ1v) is 6.80. The molecule has 1 aliphatic rings. The third-order valence-corrected chi connectivity index (χ3v) is 4.91. The molecule has 0 bridgehead atoms. The van der Waals surface area contributed by atoms with Crippen LogP contribution in [-0.4, -0.2) is 0 Å². The largest absolute Gasteiger partial charge is 0.0836 e. The lowest BCUT2D eigenvalue weighted by Crippen LogP contribution is -2.10. The zero-order valence-electron chi connectivity index (χ0n) is 9.54. The van der Waals surface area contributed by atoms with Crippen molar-refractivity contribution in [2.45, 2.75) is 37.9 Å². The van der Waals surface area contributed by atoms with Crippen LogP contribution in [0.25, 0.3) is 0 Å². The molecule has 1 heteroatoms. The second-order valence-electron chi connectivity index (χ2n) is 4.88. The molecule has 0 amide bonds. The molecule has 0 nitrogen and oxygen atoms in total. The van der Waals surface area contributed by atoms with Gasteiger partial charge in [0.15, 0.2) is 0 Å². The third-order valence-electron chi connectivity index (χ3n) is 3.70. The van der Waals surface area contributed by atoms with Crippen molar-refractivity contribution in [3.05, 3.63) is 35.4 Å². The number of alkyl halides is 1. The topological polar surface area (TPSA) is 0 Å². The molecule has 82 valence electrons. The first kappa shape index (κ1) is 11.2. The summed E-state index contributed by atoms with van der Waals surface area (Å²) in [6, 6.07) is 8.95. The van der Waals surface area contributed by atoms with Gasteiger partial charge >= 0.3 is 0 Å². The van der Waals surface area contributed by atoms with E-state index in [9.17, 15) is 0 Å². The Bertz CT molecular complexity index is 315. The van der Waals surface area contributed by atoms with Crippen LogP contribution in [0.3, 0.4) is 0 Å². The zero-order valence-corrected chi connectivity index (χ0v) is 11.1. The van der Waals surface area contributed by atoms with E-state index in [0.29, 0.717) is 4.83 Å². The molecule has 3 unspecified atom stereocenters. The van der Waals surface area contributed by atoms with E-state index in [1.807, 2.05) is 0 Å². The normalized spacial score (nSPS) is 27.9. The molecule has 0 aromatic heterocycles. The number of halogens is 1. The third kappa shape index (κ3) is 2.44. The minimum Gasteiger partial charge on any atom is -0.0836 e. The Balaban J connectivity index is 2.13. The fourth-order valence-electron chi connectivity index (χ4n) is 2.61. The second kappa shape index (κ2) is 4.69. The van der Waals surface area contributed by atoms with Crippen molar-refractivity contribution < 1.29 is 0 Å². The quantitative estimate of drug-likeness (QED) is 0.671. The van der Waals surface area contributed by atoms with Gasteiger partial charge in [-0.3, -0.25) is 0 Å². The van der Waals surface area contributed by atoms with Gasteiger partial charge in [0.25, 0.3) is 0 Å². The smallest absolute Gasteiger partial charge is 0.0426 e. The van der Waals surface area contributed by atoms with Crippen molar-refractivity contribution in [1.82, 2.24) is 0 Å². The van der Waals surface area contributed by atoms with E-state index in [0.717, 1.165) is 11.8 Å². The lowest BCUT2D eigenvalue weighted by atomic mass is 9.90. The number of hydrogen-bond acceptors (Lipinski definition) is 0. The Morgan fingerprint density at radius 2 is 1.87 bits per heavy atom. The van der Waals surface area contributed by atoms with E-state index in [1.54, 1.807) is 0 Å². The highest BCUT2D eigenvalue weighted by Gasteiger charge is 2.29. The maximum absolute atomic E-state index is 3.88. The van der Waals surface area contributed by atoms with Gasteiger partial charge in [-0.25, -0.2) is 0 Å². The molecule has 3 atom stereocenters. The van der Waals surface area contributed by atoms with Gasteiger partial charge < -0.3 is 0 Å². The monoisotopic (exact) mass is 266 g/mol. The van der Waals surface area contributed by atoms with Gasteiger partial charge in [0.2, 0.25) is 0 Å². The summed E-state index contributed by atoms with van der Waals surface area (Å²) in [4.78, 5) is 0.551. The lowest BCUT2D eigenvalue weighted by molar-refractivity contribution is 0.414. The van der Waals surface area contributed by atoms with Gasteiger partial charge in [0, 0.05) is 4.83 Å². The summed E-state index contributed by atoms with van der Waals surface area (Å²) in [7, 11) is 0. The van der Waals surface area contributed by atoms with Crippen LogP contribution in [0.4, 0.5) is 0 Å². The van der Waals surface area contributed by atoms with Gasteiger partial charge in [0.05, 0.1) is 0 Å². The molecule has 0 radical (unpaired) electrons. The predicted octanol–water partition coefficient (Wildman–Crippen LogP) is 4.87. The zero-order chi connectivity index (χ0) is 10.8. The summed E-state index contributed by atoms with van der Waals surface area (Å²) in [5.41, 5.74) is 2.79. The molecule has 0 spiro atoms. The molecule has 1 saturated carbocycles. The van der Waals surface area contributed by atoms with Crippen LogP contribution < -0.4 is 0 Å². The number of benzene rings is 1. The van der Waals surface area contributed by atoms with Crippen LogP contribution in [0.2, 0.25) is 0 Å². The average molecular weight is 267 g/mol. The summed E-state index contributed by atoms with van der Waals surface area (Å²) in [6.07, 6.45) is 4.18. The molecule has 0 saturated heterocycles. The molecular formula is C14H19Br. The molecule has 1 aromatic carbocycles. The fourth-order valence-corrected chi connectivity index (χ4v) is 3.70. The fraction of sp³-hybridized carbons (Fsp3) is 0.571. The maximum atomic E-state index is 3.88. The summed E-state index contributed by atoms with van der Waals surface area (Å²) < 4.78 is 0. The summed E-state index contributed by atoms with van der Waals surface area (Å²) in [5.74, 6) is 1.70. The van der Waals surface area contributed by atoms with Gasteiger partial charge in [-0.15, -0.1) is 0 Å². The molecule has 15 heavy (non-hydrogen) atoms. The molecular weight excluding hydrogens is 248 g/mol. The van der Waals surface area contributed by atoms with Crippen molar-refractivity contribution in [1.29, 1.82) is 0 Å². The first-order valence-electron chi connectivity index (χ1n) is 5.89. The van der Waals surface area contributed by atoms with Crippen LogP contribution in [-0.2, 0) is 0 Å². The lowest BCUT2D eigenvalue weighted by Gasteiger charge is -2.22. The highest BCUT2D eigenvalue weighted by atomic mass is 79.9. The van der Waals surface area contributed by atoms with Crippen molar-refractivity contribution in [2.75, 3.05) is 0 Å². The minimum absolute atomic E-state index is 0.551. The van der Waals surface area contributed by atoms with E-state index >= 15 is 0 Å². The Morgan fingerprint density at radius 1 is 1.20 bits per heavy atom. The van der Waals surface area contributed by atoms with Crippen LogP contribution in [0.15, 0.2) is 24.3 Å². The van der Waals surface area contributed by atoms with E-state index in [2.05, 4.69) is 54.0 Å². The number of aryl methyl sites for hydroxylation is 1. The molecule has 2 rings (SSSR count). The van der Waals surface area contributed by atoms with E-state index < -0.39 is 0 Å². The van der Waals surface area contributed by atoms with Crippen molar-refractivity contribution in [3.8, 4) is 0 Å². The van der Waals surface area contributed by atoms with Crippen molar-refractivity contribution >= 4 is 15.9 Å². The molecule has 1 aliphatic carbocycles. The molecule has 0 heterocycles. The van der Waals surface area contributed by atoms with Crippen LogP contribution in [0.5, 0.6) is 0 Å². The highest BCUT2D eigenvalue weighted by molar-refractivity contribution is 9.09. The van der Waals surface area contributed by atoms with Crippen molar-refractivity contribution in [3.63, 3.8) is 0 Å². The number of hydrogen-bond donors (Lipinski definition) is 0. The average Bonchev–Trinajstić information content (AvgIpc) is 2.65. The van der Waals surface area contributed by atoms with E-state index in [-0.39, 0.29) is 0 Å². The molecule has 1 aromatic rings. The Hall–Kier alpha value is -0.300. The Morgan fingerprint density at radius 3 is 2.40 bits per heavy atom. The van der Waals surface area contributed by atoms with E-state index in [1.165, 1.54) is 30.4 Å². The SMILES string of the molecule is Cc1ccc(C(Br)C2CCCC2C)cc1.